The van der Waals surface area contributed by atoms with E-state index in [0.717, 1.165) is 29.0 Å². The van der Waals surface area contributed by atoms with Gasteiger partial charge in [-0.15, -0.1) is 0 Å². The highest BCUT2D eigenvalue weighted by Crippen LogP contribution is 2.36. The maximum atomic E-state index is 10.7. The Bertz CT molecular complexity index is 465. The fraction of sp³-hybridized carbons (Fsp3) is 0.533. The molecule has 0 unspecified atom stereocenters. The van der Waals surface area contributed by atoms with Crippen LogP contribution in [-0.2, 0) is 11.2 Å². The van der Waals surface area contributed by atoms with Gasteiger partial charge in [-0.3, -0.25) is 4.79 Å². The maximum absolute atomic E-state index is 10.7. The Balaban J connectivity index is 2.33. The summed E-state index contributed by atoms with van der Waals surface area (Å²) >= 11 is 0. The van der Waals surface area contributed by atoms with Crippen LogP contribution in [0.3, 0.4) is 0 Å². The van der Waals surface area contributed by atoms with Gasteiger partial charge in [0.05, 0.1) is 13.2 Å². The number of aryl methyl sites for hydroxylation is 1. The fourth-order valence-electron chi connectivity index (χ4n) is 2.26. The van der Waals surface area contributed by atoms with Crippen LogP contribution < -0.4 is 9.47 Å². The van der Waals surface area contributed by atoms with Gasteiger partial charge in [0, 0.05) is 12.8 Å². The molecular weight excluding hydrogens is 244 g/mol. The zero-order valence-electron chi connectivity index (χ0n) is 11.4. The van der Waals surface area contributed by atoms with Gasteiger partial charge in [-0.05, 0) is 35.6 Å². The van der Waals surface area contributed by atoms with Gasteiger partial charge in [0.25, 0.3) is 0 Å². The van der Waals surface area contributed by atoms with E-state index in [1.807, 2.05) is 12.1 Å². The molecule has 0 fully saturated rings. The molecule has 2 rings (SSSR count). The molecule has 4 nitrogen and oxygen atoms in total. The lowest BCUT2D eigenvalue weighted by Crippen LogP contribution is -2.03. The first-order valence-electron chi connectivity index (χ1n) is 6.72. The van der Waals surface area contributed by atoms with Crippen molar-refractivity contribution in [2.75, 3.05) is 13.2 Å². The summed E-state index contributed by atoms with van der Waals surface area (Å²) in [4.78, 5) is 10.7. The highest BCUT2D eigenvalue weighted by molar-refractivity contribution is 5.67. The highest BCUT2D eigenvalue weighted by atomic mass is 16.5. The molecule has 0 aromatic heterocycles. The van der Waals surface area contributed by atoms with Crippen LogP contribution in [0.1, 0.15) is 43.7 Å². The maximum Gasteiger partial charge on any atom is 0.303 e. The summed E-state index contributed by atoms with van der Waals surface area (Å²) in [5.74, 6) is 1.07. The Morgan fingerprint density at radius 2 is 1.89 bits per heavy atom. The van der Waals surface area contributed by atoms with Crippen molar-refractivity contribution in [1.29, 1.82) is 0 Å². The van der Waals surface area contributed by atoms with Crippen molar-refractivity contribution in [2.24, 2.45) is 0 Å². The molecule has 1 aromatic rings. The van der Waals surface area contributed by atoms with Crippen LogP contribution in [0.5, 0.6) is 11.5 Å². The minimum absolute atomic E-state index is 0.138. The van der Waals surface area contributed by atoms with Crippen LogP contribution in [-0.4, -0.2) is 24.3 Å². The quantitative estimate of drug-likeness (QED) is 0.908. The summed E-state index contributed by atoms with van der Waals surface area (Å²) in [6.45, 7) is 5.51. The molecule has 19 heavy (non-hydrogen) atoms. The van der Waals surface area contributed by atoms with Crippen LogP contribution in [0, 0.1) is 0 Å². The summed E-state index contributed by atoms with van der Waals surface area (Å²) in [5.41, 5.74) is 2.19. The minimum atomic E-state index is -0.776. The molecule has 0 atom stereocenters. The number of hydrogen-bond donors (Lipinski definition) is 1. The number of carboxylic acid groups (broad SMARTS) is 1. The van der Waals surface area contributed by atoms with Gasteiger partial charge in [-0.1, -0.05) is 13.8 Å². The number of aliphatic carboxylic acids is 1. The second kappa shape index (κ2) is 5.95. The Morgan fingerprint density at radius 1 is 1.26 bits per heavy atom. The van der Waals surface area contributed by atoms with E-state index in [2.05, 4.69) is 13.8 Å². The molecule has 1 N–H and O–H groups in total. The second-order valence-corrected chi connectivity index (χ2v) is 5.10. The van der Waals surface area contributed by atoms with Crippen LogP contribution >= 0.6 is 0 Å². The molecule has 0 saturated carbocycles. The molecule has 0 bridgehead atoms. The van der Waals surface area contributed by atoms with Gasteiger partial charge in [0.1, 0.15) is 0 Å². The highest BCUT2D eigenvalue weighted by Gasteiger charge is 2.17. The molecule has 4 heteroatoms. The Morgan fingerprint density at radius 3 is 2.47 bits per heavy atom. The molecule has 0 aliphatic carbocycles. The molecule has 1 heterocycles. The molecule has 104 valence electrons. The minimum Gasteiger partial charge on any atom is -0.490 e. The van der Waals surface area contributed by atoms with Gasteiger partial charge in [-0.25, -0.2) is 0 Å². The van der Waals surface area contributed by atoms with Gasteiger partial charge in [0.2, 0.25) is 0 Å². The number of carbonyl (C=O) groups is 1. The van der Waals surface area contributed by atoms with E-state index < -0.39 is 5.97 Å². The van der Waals surface area contributed by atoms with Crippen LogP contribution in [0.15, 0.2) is 12.1 Å². The van der Waals surface area contributed by atoms with Crippen molar-refractivity contribution in [3.8, 4) is 11.5 Å². The lowest BCUT2D eigenvalue weighted by atomic mass is 9.93. The number of benzene rings is 1. The lowest BCUT2D eigenvalue weighted by Gasteiger charge is -2.16. The SMILES string of the molecule is CC(C)c1cc2c(cc1CCC(=O)O)OCCCO2. The standard InChI is InChI=1S/C15H20O4/c1-10(2)12-9-14-13(18-6-3-7-19-14)8-11(12)4-5-15(16)17/h8-10H,3-7H2,1-2H3,(H,16,17). The van der Waals surface area contributed by atoms with Crippen molar-refractivity contribution < 1.29 is 19.4 Å². The van der Waals surface area contributed by atoms with Crippen molar-refractivity contribution >= 4 is 5.97 Å². The number of ether oxygens (including phenoxy) is 2. The van der Waals surface area contributed by atoms with E-state index in [0.29, 0.717) is 25.6 Å². The molecule has 1 aliphatic heterocycles. The van der Waals surface area contributed by atoms with Gasteiger partial charge >= 0.3 is 5.97 Å². The summed E-state index contributed by atoms with van der Waals surface area (Å²) in [5, 5.41) is 8.83. The van der Waals surface area contributed by atoms with Crippen molar-refractivity contribution in [1.82, 2.24) is 0 Å². The molecular formula is C15H20O4. The largest absolute Gasteiger partial charge is 0.490 e. The monoisotopic (exact) mass is 264 g/mol. The molecule has 0 amide bonds. The molecule has 1 aromatic carbocycles. The van der Waals surface area contributed by atoms with Crippen LogP contribution in [0.2, 0.25) is 0 Å². The Kier molecular flexibility index (Phi) is 4.30. The smallest absolute Gasteiger partial charge is 0.303 e. The van der Waals surface area contributed by atoms with E-state index in [1.54, 1.807) is 0 Å². The summed E-state index contributed by atoms with van der Waals surface area (Å²) in [7, 11) is 0. The van der Waals surface area contributed by atoms with Crippen molar-refractivity contribution in [3.63, 3.8) is 0 Å². The Labute approximate surface area is 113 Å². The van der Waals surface area contributed by atoms with E-state index in [9.17, 15) is 4.79 Å². The first-order chi connectivity index (χ1) is 9.08. The molecule has 0 saturated heterocycles. The first-order valence-corrected chi connectivity index (χ1v) is 6.72. The van der Waals surface area contributed by atoms with Crippen molar-refractivity contribution in [2.45, 2.75) is 39.0 Å². The van der Waals surface area contributed by atoms with E-state index in [4.69, 9.17) is 14.6 Å². The van der Waals surface area contributed by atoms with Crippen LogP contribution in [0.25, 0.3) is 0 Å². The topological polar surface area (TPSA) is 55.8 Å². The lowest BCUT2D eigenvalue weighted by molar-refractivity contribution is -0.136. The van der Waals surface area contributed by atoms with Crippen LogP contribution in [0.4, 0.5) is 0 Å². The zero-order chi connectivity index (χ0) is 13.8. The number of hydrogen-bond acceptors (Lipinski definition) is 3. The zero-order valence-corrected chi connectivity index (χ0v) is 11.4. The average molecular weight is 264 g/mol. The van der Waals surface area contributed by atoms with Gasteiger partial charge < -0.3 is 14.6 Å². The number of rotatable bonds is 4. The van der Waals surface area contributed by atoms with E-state index in [1.165, 1.54) is 0 Å². The molecule has 0 radical (unpaired) electrons. The summed E-state index contributed by atoms with van der Waals surface area (Å²) < 4.78 is 11.3. The number of carboxylic acids is 1. The molecule has 0 spiro atoms. The summed E-state index contributed by atoms with van der Waals surface area (Å²) in [6.07, 6.45) is 1.54. The fourth-order valence-corrected chi connectivity index (χ4v) is 2.26. The van der Waals surface area contributed by atoms with Crippen molar-refractivity contribution in [3.05, 3.63) is 23.3 Å². The van der Waals surface area contributed by atoms with Gasteiger partial charge in [-0.2, -0.15) is 0 Å². The third kappa shape index (κ3) is 3.40. The number of fused-ring (bicyclic) bond motifs is 1. The summed E-state index contributed by atoms with van der Waals surface area (Å²) in [6, 6.07) is 3.95. The third-order valence-electron chi connectivity index (χ3n) is 3.24. The van der Waals surface area contributed by atoms with Gasteiger partial charge in [0.15, 0.2) is 11.5 Å². The van der Waals surface area contributed by atoms with E-state index >= 15 is 0 Å². The second-order valence-electron chi connectivity index (χ2n) is 5.10. The normalized spacial score (nSPS) is 14.3. The first kappa shape index (κ1) is 13.7. The van der Waals surface area contributed by atoms with E-state index in [-0.39, 0.29) is 6.42 Å². The third-order valence-corrected chi connectivity index (χ3v) is 3.24. The predicted octanol–water partition coefficient (Wildman–Crippen LogP) is 2.99. The average Bonchev–Trinajstić information content (AvgIpc) is 2.59. The predicted molar refractivity (Wildman–Crippen MR) is 72.1 cm³/mol. The molecule has 1 aliphatic rings. The Hall–Kier alpha value is -1.71.